The first-order valence-corrected chi connectivity index (χ1v) is 5.14. The van der Waals surface area contributed by atoms with Crippen LogP contribution in [0.1, 0.15) is 60.8 Å². The molecule has 0 saturated heterocycles. The summed E-state index contributed by atoms with van der Waals surface area (Å²) < 4.78 is 0. The predicted molar refractivity (Wildman–Crippen MR) is 65.9 cm³/mol. The van der Waals surface area contributed by atoms with E-state index in [-0.39, 0.29) is 21.0 Å². The van der Waals surface area contributed by atoms with E-state index in [9.17, 15) is 15.3 Å². The second-order valence-electron chi connectivity index (χ2n) is 3.59. The molecule has 0 amide bonds. The molecular formula is C12H30O3. The van der Waals surface area contributed by atoms with Gasteiger partial charge in [-0.3, -0.25) is 0 Å². The number of rotatable bonds is 7. The summed E-state index contributed by atoms with van der Waals surface area (Å²) in [4.78, 5) is 0. The molecule has 0 bridgehead atoms. The van der Waals surface area contributed by atoms with Crippen LogP contribution in [0.2, 0.25) is 0 Å². The van der Waals surface area contributed by atoms with Crippen LogP contribution >= 0.6 is 0 Å². The normalized spacial score (nSPS) is 15.8. The number of hydrogen-bond acceptors (Lipinski definition) is 3. The standard InChI is InChI=1S/C10H22O3.2CH4/c1-3-8(11)5-6-10(13)7-9(12)4-2;;/h8-13H,3-7H2,1-2H3;2*1H4. The average Bonchev–Trinajstić information content (AvgIpc) is 2.13. The molecule has 0 aliphatic heterocycles. The third-order valence-electron chi connectivity index (χ3n) is 2.32. The van der Waals surface area contributed by atoms with E-state index in [2.05, 4.69) is 0 Å². The molecule has 3 nitrogen and oxygen atoms in total. The van der Waals surface area contributed by atoms with Crippen molar-refractivity contribution in [1.29, 1.82) is 0 Å². The van der Waals surface area contributed by atoms with E-state index in [0.29, 0.717) is 25.7 Å². The predicted octanol–water partition coefficient (Wildman–Crippen LogP) is 2.33. The maximum absolute atomic E-state index is 9.42. The zero-order valence-electron chi connectivity index (χ0n) is 8.61. The Morgan fingerprint density at radius 2 is 1.13 bits per heavy atom. The second kappa shape index (κ2) is 12.0. The fourth-order valence-electron chi connectivity index (χ4n) is 1.19. The van der Waals surface area contributed by atoms with Crippen LogP contribution < -0.4 is 0 Å². The Kier molecular flexibility index (Phi) is 16.2. The summed E-state index contributed by atoms with van der Waals surface area (Å²) in [5.74, 6) is 0. The zero-order chi connectivity index (χ0) is 10.3. The highest BCUT2D eigenvalue weighted by Crippen LogP contribution is 2.10. The first kappa shape index (κ1) is 20.3. The smallest absolute Gasteiger partial charge is 0.0565 e. The molecule has 96 valence electrons. The van der Waals surface area contributed by atoms with Gasteiger partial charge in [0.1, 0.15) is 0 Å². The monoisotopic (exact) mass is 222 g/mol. The summed E-state index contributed by atoms with van der Waals surface area (Å²) in [7, 11) is 0. The lowest BCUT2D eigenvalue weighted by atomic mass is 10.0. The summed E-state index contributed by atoms with van der Waals surface area (Å²) in [6, 6.07) is 0. The van der Waals surface area contributed by atoms with Crippen molar-refractivity contribution in [1.82, 2.24) is 0 Å². The van der Waals surface area contributed by atoms with Crippen molar-refractivity contribution in [3.05, 3.63) is 0 Å². The first-order chi connectivity index (χ1) is 6.10. The molecular weight excluding hydrogens is 192 g/mol. The topological polar surface area (TPSA) is 60.7 Å². The van der Waals surface area contributed by atoms with Crippen molar-refractivity contribution < 1.29 is 15.3 Å². The first-order valence-electron chi connectivity index (χ1n) is 5.14. The molecule has 0 aromatic carbocycles. The molecule has 3 heteroatoms. The van der Waals surface area contributed by atoms with Crippen molar-refractivity contribution in [2.75, 3.05) is 0 Å². The van der Waals surface area contributed by atoms with E-state index >= 15 is 0 Å². The fourth-order valence-corrected chi connectivity index (χ4v) is 1.19. The molecule has 0 heterocycles. The Morgan fingerprint density at radius 3 is 1.53 bits per heavy atom. The summed E-state index contributed by atoms with van der Waals surface area (Å²) in [5.41, 5.74) is 0. The van der Waals surface area contributed by atoms with E-state index in [1.807, 2.05) is 13.8 Å². The molecule has 0 spiro atoms. The second-order valence-corrected chi connectivity index (χ2v) is 3.59. The molecule has 15 heavy (non-hydrogen) atoms. The third-order valence-corrected chi connectivity index (χ3v) is 2.32. The van der Waals surface area contributed by atoms with Gasteiger partial charge >= 0.3 is 0 Å². The molecule has 0 saturated carbocycles. The molecule has 3 N–H and O–H groups in total. The Balaban J connectivity index is -0.000000720. The van der Waals surface area contributed by atoms with Gasteiger partial charge in [0.25, 0.3) is 0 Å². The Bertz CT molecular complexity index is 117. The van der Waals surface area contributed by atoms with E-state index in [0.717, 1.165) is 6.42 Å². The minimum absolute atomic E-state index is 0. The van der Waals surface area contributed by atoms with E-state index in [1.165, 1.54) is 0 Å². The minimum atomic E-state index is -0.476. The Morgan fingerprint density at radius 1 is 0.733 bits per heavy atom. The lowest BCUT2D eigenvalue weighted by Gasteiger charge is -2.15. The van der Waals surface area contributed by atoms with Gasteiger partial charge in [0.2, 0.25) is 0 Å². The highest BCUT2D eigenvalue weighted by Gasteiger charge is 2.11. The van der Waals surface area contributed by atoms with Crippen LogP contribution in [0.15, 0.2) is 0 Å². The van der Waals surface area contributed by atoms with Crippen LogP contribution in [0.4, 0.5) is 0 Å². The maximum Gasteiger partial charge on any atom is 0.0565 e. The number of aliphatic hydroxyl groups is 3. The maximum atomic E-state index is 9.42. The van der Waals surface area contributed by atoms with Gasteiger partial charge in [-0.1, -0.05) is 28.7 Å². The lowest BCUT2D eigenvalue weighted by Crippen LogP contribution is -2.18. The summed E-state index contributed by atoms with van der Waals surface area (Å²) in [6.07, 6.45) is 1.82. The zero-order valence-corrected chi connectivity index (χ0v) is 8.61. The van der Waals surface area contributed by atoms with Gasteiger partial charge in [-0.05, 0) is 32.1 Å². The molecule has 3 unspecified atom stereocenters. The van der Waals surface area contributed by atoms with Gasteiger partial charge in [0, 0.05) is 0 Å². The van der Waals surface area contributed by atoms with Crippen LogP contribution in [0.5, 0.6) is 0 Å². The van der Waals surface area contributed by atoms with E-state index < -0.39 is 12.2 Å². The molecule has 0 radical (unpaired) electrons. The average molecular weight is 222 g/mol. The van der Waals surface area contributed by atoms with Crippen molar-refractivity contribution in [2.24, 2.45) is 0 Å². The molecule has 0 aliphatic rings. The van der Waals surface area contributed by atoms with Gasteiger partial charge in [-0.25, -0.2) is 0 Å². The minimum Gasteiger partial charge on any atom is -0.393 e. The third kappa shape index (κ3) is 11.8. The SMILES string of the molecule is C.C.CCC(O)CCC(O)CC(O)CC. The molecule has 0 fully saturated rings. The van der Waals surface area contributed by atoms with Crippen LogP contribution in [0, 0.1) is 0 Å². The summed E-state index contributed by atoms with van der Waals surface area (Å²) in [5, 5.41) is 27.9. The van der Waals surface area contributed by atoms with E-state index in [4.69, 9.17) is 0 Å². The summed E-state index contributed by atoms with van der Waals surface area (Å²) >= 11 is 0. The van der Waals surface area contributed by atoms with Gasteiger partial charge < -0.3 is 15.3 Å². The largest absolute Gasteiger partial charge is 0.393 e. The van der Waals surface area contributed by atoms with Crippen molar-refractivity contribution in [3.8, 4) is 0 Å². The van der Waals surface area contributed by atoms with Crippen molar-refractivity contribution in [2.45, 2.75) is 79.1 Å². The van der Waals surface area contributed by atoms with Crippen LogP contribution in [-0.2, 0) is 0 Å². The van der Waals surface area contributed by atoms with E-state index in [1.54, 1.807) is 0 Å². The van der Waals surface area contributed by atoms with Gasteiger partial charge in [-0.15, -0.1) is 0 Å². The molecule has 0 aromatic heterocycles. The molecule has 0 rings (SSSR count). The van der Waals surface area contributed by atoms with Crippen molar-refractivity contribution >= 4 is 0 Å². The van der Waals surface area contributed by atoms with Crippen LogP contribution in [-0.4, -0.2) is 33.6 Å². The molecule has 0 aromatic rings. The Hall–Kier alpha value is -0.120. The highest BCUT2D eigenvalue weighted by atomic mass is 16.3. The molecule has 0 aliphatic carbocycles. The van der Waals surface area contributed by atoms with Crippen LogP contribution in [0.3, 0.4) is 0 Å². The quantitative estimate of drug-likeness (QED) is 0.619. The summed E-state index contributed by atoms with van der Waals surface area (Å²) in [6.45, 7) is 3.80. The highest BCUT2D eigenvalue weighted by molar-refractivity contribution is 4.64. The Labute approximate surface area is 95.1 Å². The van der Waals surface area contributed by atoms with Crippen molar-refractivity contribution in [3.63, 3.8) is 0 Å². The van der Waals surface area contributed by atoms with Gasteiger partial charge in [0.05, 0.1) is 18.3 Å². The van der Waals surface area contributed by atoms with Gasteiger partial charge in [-0.2, -0.15) is 0 Å². The lowest BCUT2D eigenvalue weighted by molar-refractivity contribution is 0.0595. The molecule has 3 atom stereocenters. The van der Waals surface area contributed by atoms with Gasteiger partial charge in [0.15, 0.2) is 0 Å². The number of hydrogen-bond donors (Lipinski definition) is 3. The fraction of sp³-hybridized carbons (Fsp3) is 1.00. The number of aliphatic hydroxyl groups excluding tert-OH is 3. The van der Waals surface area contributed by atoms with Crippen LogP contribution in [0.25, 0.3) is 0 Å².